The van der Waals surface area contributed by atoms with Crippen LogP contribution in [-0.2, 0) is 16.0 Å². The Hall–Kier alpha value is -2.10. The lowest BCUT2D eigenvalue weighted by Gasteiger charge is -2.19. The minimum Gasteiger partial charge on any atom is -0.480 e. The van der Waals surface area contributed by atoms with Crippen molar-refractivity contribution in [2.75, 3.05) is 0 Å². The highest BCUT2D eigenvalue weighted by Crippen LogP contribution is 2.19. The molecule has 0 saturated carbocycles. The molecule has 1 aromatic carbocycles. The highest BCUT2D eigenvalue weighted by atomic mass is 16.4. The van der Waals surface area contributed by atoms with E-state index < -0.39 is 12.0 Å². The molecule has 21 heavy (non-hydrogen) atoms. The zero-order valence-corrected chi connectivity index (χ0v) is 12.0. The molecule has 4 nitrogen and oxygen atoms in total. The summed E-state index contributed by atoms with van der Waals surface area (Å²) in [5, 5.41) is 12.0. The maximum Gasteiger partial charge on any atom is 0.326 e. The van der Waals surface area contributed by atoms with Crippen molar-refractivity contribution in [1.82, 2.24) is 5.32 Å². The second kappa shape index (κ2) is 7.62. The summed E-state index contributed by atoms with van der Waals surface area (Å²) in [7, 11) is 0. The van der Waals surface area contributed by atoms with Crippen LogP contribution in [0.4, 0.5) is 0 Å². The monoisotopic (exact) mass is 287 g/mol. The summed E-state index contributed by atoms with van der Waals surface area (Å²) in [4.78, 5) is 23.6. The summed E-state index contributed by atoms with van der Waals surface area (Å²) in [5.41, 5.74) is 0.910. The van der Waals surface area contributed by atoms with Crippen LogP contribution in [0.15, 0.2) is 42.5 Å². The molecule has 2 N–H and O–H groups in total. The molecule has 1 unspecified atom stereocenters. The highest BCUT2D eigenvalue weighted by molar-refractivity contribution is 5.85. The number of allylic oxidation sites excluding steroid dienone is 2. The van der Waals surface area contributed by atoms with Gasteiger partial charge in [0.05, 0.1) is 0 Å². The summed E-state index contributed by atoms with van der Waals surface area (Å²) >= 11 is 0. The normalized spacial score (nSPS) is 17.0. The van der Waals surface area contributed by atoms with Crippen molar-refractivity contribution in [3.8, 4) is 0 Å². The number of nitrogens with one attached hydrogen (secondary N) is 1. The summed E-state index contributed by atoms with van der Waals surface area (Å²) < 4.78 is 0. The van der Waals surface area contributed by atoms with Gasteiger partial charge in [0.2, 0.25) is 5.91 Å². The number of carbonyl (C=O) groups is 2. The van der Waals surface area contributed by atoms with Gasteiger partial charge in [-0.2, -0.15) is 0 Å². The Morgan fingerprint density at radius 2 is 1.76 bits per heavy atom. The maximum atomic E-state index is 12.3. The van der Waals surface area contributed by atoms with E-state index in [0.717, 1.165) is 31.2 Å². The minimum atomic E-state index is -0.987. The molecule has 1 aliphatic rings. The van der Waals surface area contributed by atoms with Gasteiger partial charge in [0.1, 0.15) is 6.04 Å². The highest BCUT2D eigenvalue weighted by Gasteiger charge is 2.25. The Kier molecular flexibility index (Phi) is 5.55. The van der Waals surface area contributed by atoms with Crippen LogP contribution in [-0.4, -0.2) is 23.0 Å². The van der Waals surface area contributed by atoms with Gasteiger partial charge in [-0.15, -0.1) is 0 Å². The first-order valence-corrected chi connectivity index (χ1v) is 7.39. The number of amides is 1. The minimum absolute atomic E-state index is 0.0855. The van der Waals surface area contributed by atoms with E-state index in [-0.39, 0.29) is 11.8 Å². The molecule has 1 amide bonds. The number of hydrogen-bond donors (Lipinski definition) is 2. The Morgan fingerprint density at radius 3 is 2.33 bits per heavy atom. The van der Waals surface area contributed by atoms with E-state index in [2.05, 4.69) is 17.5 Å². The van der Waals surface area contributed by atoms with Crippen molar-refractivity contribution in [2.24, 2.45) is 5.92 Å². The second-order valence-electron chi connectivity index (χ2n) is 5.41. The van der Waals surface area contributed by atoms with E-state index in [0.29, 0.717) is 6.42 Å². The van der Waals surface area contributed by atoms with Gasteiger partial charge < -0.3 is 10.4 Å². The van der Waals surface area contributed by atoms with Gasteiger partial charge in [-0.05, 0) is 31.2 Å². The predicted octanol–water partition coefficient (Wildman–Crippen LogP) is 2.54. The zero-order chi connectivity index (χ0) is 15.1. The van der Waals surface area contributed by atoms with Crippen molar-refractivity contribution in [1.29, 1.82) is 0 Å². The summed E-state index contributed by atoms with van der Waals surface area (Å²) in [6.07, 6.45) is 7.84. The van der Waals surface area contributed by atoms with Crippen molar-refractivity contribution >= 4 is 11.9 Å². The van der Waals surface area contributed by atoms with Crippen LogP contribution < -0.4 is 5.32 Å². The third-order valence-corrected chi connectivity index (χ3v) is 3.80. The maximum absolute atomic E-state index is 12.3. The van der Waals surface area contributed by atoms with Gasteiger partial charge >= 0.3 is 5.97 Å². The third-order valence-electron chi connectivity index (χ3n) is 3.80. The molecule has 1 atom stereocenters. The van der Waals surface area contributed by atoms with E-state index >= 15 is 0 Å². The van der Waals surface area contributed by atoms with Crippen LogP contribution in [0.2, 0.25) is 0 Å². The van der Waals surface area contributed by atoms with Gasteiger partial charge in [-0.3, -0.25) is 4.79 Å². The Balaban J connectivity index is 1.96. The van der Waals surface area contributed by atoms with Crippen LogP contribution in [0, 0.1) is 5.92 Å². The molecule has 112 valence electrons. The SMILES string of the molecule is O=C(NC(Cc1ccccc1)C(=O)O)C1CCC=CCC1. The second-order valence-corrected chi connectivity index (χ2v) is 5.41. The number of aliphatic carboxylic acids is 1. The molecule has 1 aliphatic carbocycles. The first-order valence-electron chi connectivity index (χ1n) is 7.39. The lowest BCUT2D eigenvalue weighted by molar-refractivity contribution is -0.142. The van der Waals surface area contributed by atoms with Gasteiger partial charge in [-0.1, -0.05) is 42.5 Å². The van der Waals surface area contributed by atoms with E-state index in [1.165, 1.54) is 0 Å². The van der Waals surface area contributed by atoms with E-state index in [1.807, 2.05) is 30.3 Å². The molecule has 0 spiro atoms. The summed E-state index contributed by atoms with van der Waals surface area (Å²) in [6.45, 7) is 0. The lowest BCUT2D eigenvalue weighted by atomic mass is 9.98. The van der Waals surface area contributed by atoms with Crippen LogP contribution in [0.5, 0.6) is 0 Å². The van der Waals surface area contributed by atoms with Gasteiger partial charge in [0.15, 0.2) is 0 Å². The fourth-order valence-corrected chi connectivity index (χ4v) is 2.58. The molecular weight excluding hydrogens is 266 g/mol. The molecule has 0 radical (unpaired) electrons. The molecule has 2 rings (SSSR count). The van der Waals surface area contributed by atoms with Gasteiger partial charge in [0, 0.05) is 12.3 Å². The van der Waals surface area contributed by atoms with Crippen molar-refractivity contribution in [2.45, 2.75) is 38.1 Å². The molecule has 0 saturated heterocycles. The molecule has 1 aromatic rings. The Morgan fingerprint density at radius 1 is 1.14 bits per heavy atom. The van der Waals surface area contributed by atoms with Gasteiger partial charge in [-0.25, -0.2) is 4.79 Å². The van der Waals surface area contributed by atoms with Crippen LogP contribution in [0.1, 0.15) is 31.2 Å². The number of carboxylic acids is 1. The Labute approximate surface area is 124 Å². The van der Waals surface area contributed by atoms with Crippen molar-refractivity contribution in [3.05, 3.63) is 48.0 Å². The standard InChI is InChI=1S/C17H21NO3/c19-16(14-10-6-1-2-7-11-14)18-15(17(20)21)12-13-8-4-3-5-9-13/h1-5,8-9,14-15H,6-7,10-12H2,(H,18,19)(H,20,21). The number of rotatable bonds is 5. The van der Waals surface area contributed by atoms with E-state index in [1.54, 1.807) is 0 Å². The molecular formula is C17H21NO3. The fraction of sp³-hybridized carbons (Fsp3) is 0.412. The topological polar surface area (TPSA) is 66.4 Å². The fourth-order valence-electron chi connectivity index (χ4n) is 2.58. The third kappa shape index (κ3) is 4.74. The van der Waals surface area contributed by atoms with Gasteiger partial charge in [0.25, 0.3) is 0 Å². The predicted molar refractivity (Wildman–Crippen MR) is 80.8 cm³/mol. The molecule has 0 bridgehead atoms. The smallest absolute Gasteiger partial charge is 0.326 e. The average Bonchev–Trinajstić information content (AvgIpc) is 2.76. The van der Waals surface area contributed by atoms with Crippen molar-refractivity contribution in [3.63, 3.8) is 0 Å². The zero-order valence-electron chi connectivity index (χ0n) is 12.0. The number of benzene rings is 1. The molecule has 0 aromatic heterocycles. The van der Waals surface area contributed by atoms with Crippen LogP contribution in [0.3, 0.4) is 0 Å². The largest absolute Gasteiger partial charge is 0.480 e. The summed E-state index contributed by atoms with van der Waals surface area (Å²) in [6, 6.07) is 8.50. The number of carbonyl (C=O) groups excluding carboxylic acids is 1. The molecule has 0 heterocycles. The quantitative estimate of drug-likeness (QED) is 0.818. The van der Waals surface area contributed by atoms with Crippen molar-refractivity contribution < 1.29 is 14.7 Å². The van der Waals surface area contributed by atoms with Crippen LogP contribution >= 0.6 is 0 Å². The lowest BCUT2D eigenvalue weighted by Crippen LogP contribution is -2.44. The molecule has 0 fully saturated rings. The number of hydrogen-bond acceptors (Lipinski definition) is 2. The number of carboxylic acid groups (broad SMARTS) is 1. The first-order chi connectivity index (χ1) is 10.2. The molecule has 0 aliphatic heterocycles. The average molecular weight is 287 g/mol. The van der Waals surface area contributed by atoms with E-state index in [9.17, 15) is 14.7 Å². The van der Waals surface area contributed by atoms with Crippen LogP contribution in [0.25, 0.3) is 0 Å². The first kappa shape index (κ1) is 15.3. The van der Waals surface area contributed by atoms with E-state index in [4.69, 9.17) is 0 Å². The molecule has 4 heteroatoms. The Bertz CT molecular complexity index is 500. The summed E-state index contributed by atoms with van der Waals surface area (Å²) in [5.74, 6) is -1.21.